The van der Waals surface area contributed by atoms with Crippen LogP contribution in [-0.2, 0) is 13.0 Å². The number of aromatic nitrogens is 2. The van der Waals surface area contributed by atoms with Crippen molar-refractivity contribution < 1.29 is 0 Å². The molecule has 0 saturated carbocycles. The summed E-state index contributed by atoms with van der Waals surface area (Å²) in [6.07, 6.45) is 7.18. The summed E-state index contributed by atoms with van der Waals surface area (Å²) in [5, 5.41) is 3.67. The van der Waals surface area contributed by atoms with E-state index >= 15 is 0 Å². The van der Waals surface area contributed by atoms with Crippen LogP contribution in [0.3, 0.4) is 0 Å². The molecule has 2 heterocycles. The van der Waals surface area contributed by atoms with Crippen molar-refractivity contribution in [1.29, 1.82) is 0 Å². The molecule has 1 aliphatic carbocycles. The molecular weight excluding hydrogens is 320 g/mol. The first-order valence-electron chi connectivity index (χ1n) is 9.24. The number of hydrogen-bond donors (Lipinski definition) is 2. The Balaban J connectivity index is 1.41. The fourth-order valence-corrected chi connectivity index (χ4v) is 3.62. The molecule has 0 amide bonds. The molecule has 3 aromatic rings. The van der Waals surface area contributed by atoms with E-state index in [9.17, 15) is 0 Å². The average molecular weight is 344 g/mol. The van der Waals surface area contributed by atoms with Gasteiger partial charge in [0.25, 0.3) is 0 Å². The molecule has 1 aromatic carbocycles. The SMILES string of the molecule is NC(c1ccc(CNC2CCCc3cccnc32)cc1)c1ccccn1. The fraction of sp³-hybridized carbons (Fsp3) is 0.273. The third kappa shape index (κ3) is 3.66. The van der Waals surface area contributed by atoms with Crippen molar-refractivity contribution in [2.45, 2.75) is 37.9 Å². The smallest absolute Gasteiger partial charge is 0.0726 e. The number of nitrogens with one attached hydrogen (secondary N) is 1. The van der Waals surface area contributed by atoms with Crippen molar-refractivity contribution >= 4 is 0 Å². The van der Waals surface area contributed by atoms with Crippen LogP contribution in [0.2, 0.25) is 0 Å². The summed E-state index contributed by atoms with van der Waals surface area (Å²) in [4.78, 5) is 8.95. The van der Waals surface area contributed by atoms with E-state index in [1.807, 2.05) is 30.5 Å². The van der Waals surface area contributed by atoms with Crippen molar-refractivity contribution in [2.75, 3.05) is 0 Å². The van der Waals surface area contributed by atoms with Crippen LogP contribution >= 0.6 is 0 Å². The molecule has 4 nitrogen and oxygen atoms in total. The van der Waals surface area contributed by atoms with Gasteiger partial charge in [0.2, 0.25) is 0 Å². The van der Waals surface area contributed by atoms with Crippen LogP contribution in [0.1, 0.15) is 53.0 Å². The summed E-state index contributed by atoms with van der Waals surface area (Å²) < 4.78 is 0. The summed E-state index contributed by atoms with van der Waals surface area (Å²) in [7, 11) is 0. The van der Waals surface area contributed by atoms with E-state index in [1.54, 1.807) is 6.20 Å². The normalized spacial score (nSPS) is 17.5. The quantitative estimate of drug-likeness (QED) is 0.741. The molecule has 1 aliphatic rings. The van der Waals surface area contributed by atoms with E-state index in [1.165, 1.54) is 23.2 Å². The highest BCUT2D eigenvalue weighted by Crippen LogP contribution is 2.28. The van der Waals surface area contributed by atoms with E-state index in [4.69, 9.17) is 5.73 Å². The molecule has 0 aliphatic heterocycles. The predicted molar refractivity (Wildman–Crippen MR) is 103 cm³/mol. The first kappa shape index (κ1) is 16.9. The zero-order chi connectivity index (χ0) is 17.8. The Hall–Kier alpha value is -2.56. The van der Waals surface area contributed by atoms with Gasteiger partial charge in [-0.3, -0.25) is 9.97 Å². The van der Waals surface area contributed by atoms with Crippen LogP contribution < -0.4 is 11.1 Å². The molecule has 0 fully saturated rings. The Kier molecular flexibility index (Phi) is 5.04. The number of fused-ring (bicyclic) bond motifs is 1. The van der Waals surface area contributed by atoms with Crippen LogP contribution in [0.5, 0.6) is 0 Å². The Morgan fingerprint density at radius 2 is 1.85 bits per heavy atom. The van der Waals surface area contributed by atoms with Crippen molar-refractivity contribution in [1.82, 2.24) is 15.3 Å². The highest BCUT2D eigenvalue weighted by atomic mass is 14.9. The minimum atomic E-state index is -0.187. The molecule has 3 N–H and O–H groups in total. The molecule has 0 saturated heterocycles. The maximum Gasteiger partial charge on any atom is 0.0726 e. The predicted octanol–water partition coefficient (Wildman–Crippen LogP) is 3.69. The van der Waals surface area contributed by atoms with Crippen LogP contribution in [0.25, 0.3) is 0 Å². The molecule has 0 bridgehead atoms. The van der Waals surface area contributed by atoms with Gasteiger partial charge in [-0.1, -0.05) is 36.4 Å². The third-order valence-corrected chi connectivity index (χ3v) is 5.09. The van der Waals surface area contributed by atoms with E-state index < -0.39 is 0 Å². The number of rotatable bonds is 5. The molecule has 2 atom stereocenters. The molecule has 0 radical (unpaired) electrons. The maximum absolute atomic E-state index is 6.32. The second kappa shape index (κ2) is 7.77. The Labute approximate surface area is 154 Å². The summed E-state index contributed by atoms with van der Waals surface area (Å²) in [5.41, 5.74) is 12.1. The van der Waals surface area contributed by atoms with Gasteiger partial charge in [-0.15, -0.1) is 0 Å². The topological polar surface area (TPSA) is 63.8 Å². The minimum absolute atomic E-state index is 0.187. The van der Waals surface area contributed by atoms with Crippen LogP contribution in [0.15, 0.2) is 67.0 Å². The zero-order valence-electron chi connectivity index (χ0n) is 14.8. The Morgan fingerprint density at radius 3 is 2.65 bits per heavy atom. The first-order valence-corrected chi connectivity index (χ1v) is 9.24. The van der Waals surface area contributed by atoms with E-state index in [0.717, 1.165) is 30.6 Å². The van der Waals surface area contributed by atoms with E-state index in [2.05, 4.69) is 45.6 Å². The highest BCUT2D eigenvalue weighted by Gasteiger charge is 2.20. The Bertz CT molecular complexity index is 846. The van der Waals surface area contributed by atoms with Gasteiger partial charge in [-0.05, 0) is 54.2 Å². The summed E-state index contributed by atoms with van der Waals surface area (Å²) >= 11 is 0. The third-order valence-electron chi connectivity index (χ3n) is 5.09. The minimum Gasteiger partial charge on any atom is -0.319 e. The van der Waals surface area contributed by atoms with Crippen molar-refractivity contribution in [2.24, 2.45) is 5.73 Å². The standard InChI is InChI=1S/C22H24N4/c23-21(19-7-1-2-13-24-19)17-11-9-16(10-12-17)15-26-20-8-3-5-18-6-4-14-25-22(18)20/h1-2,4,6-7,9-14,20-21,26H,3,5,8,15,23H2. The largest absolute Gasteiger partial charge is 0.319 e. The lowest BCUT2D eigenvalue weighted by Crippen LogP contribution is -2.25. The van der Waals surface area contributed by atoms with E-state index in [0.29, 0.717) is 6.04 Å². The van der Waals surface area contributed by atoms with Gasteiger partial charge in [0.1, 0.15) is 0 Å². The zero-order valence-corrected chi connectivity index (χ0v) is 14.8. The van der Waals surface area contributed by atoms with E-state index in [-0.39, 0.29) is 6.04 Å². The van der Waals surface area contributed by atoms with Gasteiger partial charge in [0, 0.05) is 18.9 Å². The first-order chi connectivity index (χ1) is 12.8. The number of benzene rings is 1. The van der Waals surface area contributed by atoms with Crippen molar-refractivity contribution in [3.05, 3.63) is 95.1 Å². The van der Waals surface area contributed by atoms with Gasteiger partial charge >= 0.3 is 0 Å². The molecule has 4 rings (SSSR count). The fourth-order valence-electron chi connectivity index (χ4n) is 3.62. The van der Waals surface area contributed by atoms with Gasteiger partial charge in [0.15, 0.2) is 0 Å². The second-order valence-electron chi connectivity index (χ2n) is 6.85. The molecule has 0 spiro atoms. The summed E-state index contributed by atoms with van der Waals surface area (Å²) in [5.74, 6) is 0. The number of aryl methyl sites for hydroxylation is 1. The van der Waals surface area contributed by atoms with Crippen LogP contribution in [0, 0.1) is 0 Å². The van der Waals surface area contributed by atoms with Gasteiger partial charge in [-0.2, -0.15) is 0 Å². The van der Waals surface area contributed by atoms with Gasteiger partial charge in [0.05, 0.1) is 23.5 Å². The highest BCUT2D eigenvalue weighted by molar-refractivity contribution is 5.30. The van der Waals surface area contributed by atoms with Crippen molar-refractivity contribution in [3.63, 3.8) is 0 Å². The lowest BCUT2D eigenvalue weighted by molar-refractivity contribution is 0.447. The number of pyridine rings is 2. The van der Waals surface area contributed by atoms with Gasteiger partial charge < -0.3 is 11.1 Å². The van der Waals surface area contributed by atoms with Crippen LogP contribution in [-0.4, -0.2) is 9.97 Å². The molecule has 4 heteroatoms. The lowest BCUT2D eigenvalue weighted by Gasteiger charge is -2.25. The molecule has 26 heavy (non-hydrogen) atoms. The maximum atomic E-state index is 6.32. The summed E-state index contributed by atoms with van der Waals surface area (Å²) in [6, 6.07) is 18.7. The average Bonchev–Trinajstić information content (AvgIpc) is 2.73. The van der Waals surface area contributed by atoms with Gasteiger partial charge in [-0.25, -0.2) is 0 Å². The second-order valence-corrected chi connectivity index (χ2v) is 6.85. The molecular formula is C22H24N4. The van der Waals surface area contributed by atoms with Crippen LogP contribution in [0.4, 0.5) is 0 Å². The monoisotopic (exact) mass is 344 g/mol. The number of nitrogens with two attached hydrogens (primary N) is 1. The molecule has 2 unspecified atom stereocenters. The summed E-state index contributed by atoms with van der Waals surface area (Å²) in [6.45, 7) is 0.833. The lowest BCUT2D eigenvalue weighted by atomic mass is 9.92. The molecule has 2 aromatic heterocycles. The molecule has 132 valence electrons. The number of hydrogen-bond acceptors (Lipinski definition) is 4. The Morgan fingerprint density at radius 1 is 1.00 bits per heavy atom. The number of nitrogens with zero attached hydrogens (tertiary/aromatic N) is 2. The van der Waals surface area contributed by atoms with Crippen molar-refractivity contribution in [3.8, 4) is 0 Å².